The molecule has 0 aliphatic rings. The van der Waals surface area contributed by atoms with Gasteiger partial charge >= 0.3 is 0 Å². The Morgan fingerprint density at radius 2 is 1.38 bits per heavy atom. The fourth-order valence-corrected chi connectivity index (χ4v) is 2.88. The average molecular weight is 343 g/mol. The lowest BCUT2D eigenvalue weighted by molar-refractivity contribution is 0.475. The van der Waals surface area contributed by atoms with E-state index in [0.717, 1.165) is 27.8 Å². The Balaban J connectivity index is 0.000000151. The highest BCUT2D eigenvalue weighted by Crippen LogP contribution is 2.25. The molecule has 4 rings (SSSR count). The molecule has 0 atom stereocenters. The van der Waals surface area contributed by atoms with Crippen LogP contribution in [0.25, 0.3) is 22.0 Å². The summed E-state index contributed by atoms with van der Waals surface area (Å²) >= 11 is 0. The van der Waals surface area contributed by atoms with E-state index < -0.39 is 0 Å². The first-order valence-corrected chi connectivity index (χ1v) is 8.45. The van der Waals surface area contributed by atoms with E-state index in [-0.39, 0.29) is 5.75 Å². The number of rotatable bonds is 1. The topological polar surface area (TPSA) is 53.4 Å². The molecular formula is C23H21NO2. The predicted molar refractivity (Wildman–Crippen MR) is 106 cm³/mol. The lowest BCUT2D eigenvalue weighted by Crippen LogP contribution is -1.87. The van der Waals surface area contributed by atoms with E-state index in [2.05, 4.69) is 4.98 Å². The van der Waals surface area contributed by atoms with Gasteiger partial charge in [0.1, 0.15) is 17.0 Å². The molecule has 3 aromatic carbocycles. The van der Waals surface area contributed by atoms with Crippen LogP contribution in [0.2, 0.25) is 0 Å². The van der Waals surface area contributed by atoms with Gasteiger partial charge in [-0.15, -0.1) is 0 Å². The van der Waals surface area contributed by atoms with Gasteiger partial charge in [-0.25, -0.2) is 4.98 Å². The Bertz CT molecular complexity index is 1030. The maximum Gasteiger partial charge on any atom is 0.141 e. The summed E-state index contributed by atoms with van der Waals surface area (Å²) in [6, 6.07) is 24.7. The number of pyridine rings is 1. The van der Waals surface area contributed by atoms with Crippen molar-refractivity contribution in [1.29, 1.82) is 0 Å². The Morgan fingerprint density at radius 1 is 0.692 bits per heavy atom. The normalized spacial score (nSPS) is 10.2. The van der Waals surface area contributed by atoms with Crippen LogP contribution < -0.4 is 0 Å². The minimum atomic E-state index is 0.254. The molecule has 0 bridgehead atoms. The van der Waals surface area contributed by atoms with Gasteiger partial charge in [-0.05, 0) is 54.8 Å². The summed E-state index contributed by atoms with van der Waals surface area (Å²) in [6.07, 6.45) is 0. The molecule has 2 N–H and O–H groups in total. The van der Waals surface area contributed by atoms with Crippen LogP contribution in [-0.2, 0) is 0 Å². The number of hydrogen-bond acceptors (Lipinski definition) is 3. The number of nitrogens with zero attached hydrogens (tertiary/aromatic N) is 1. The Morgan fingerprint density at radius 3 is 2.12 bits per heavy atom. The molecule has 0 aliphatic heterocycles. The summed E-state index contributed by atoms with van der Waals surface area (Å²) < 4.78 is 0. The van der Waals surface area contributed by atoms with E-state index in [1.807, 2.05) is 74.5 Å². The van der Waals surface area contributed by atoms with Crippen LogP contribution in [0.5, 0.6) is 11.5 Å². The maximum atomic E-state index is 9.56. The standard InChI is InChI=1S/C12H10O.C11H11NO/c13-12-8-4-7-11(9-12)10-5-2-1-3-6-10;1-7-6-8(2)12-11-9(7)4-3-5-10(11)13/h1-9,13H;3-6,13H,1-2H3. The first-order chi connectivity index (χ1) is 12.5. The van der Waals surface area contributed by atoms with Crippen molar-refractivity contribution in [3.8, 4) is 22.6 Å². The molecule has 0 saturated carbocycles. The molecule has 0 radical (unpaired) electrons. The van der Waals surface area contributed by atoms with Crippen molar-refractivity contribution in [3.63, 3.8) is 0 Å². The molecule has 0 unspecified atom stereocenters. The third kappa shape index (κ3) is 4.01. The zero-order chi connectivity index (χ0) is 18.5. The molecule has 1 aromatic heterocycles. The molecule has 26 heavy (non-hydrogen) atoms. The Labute approximate surface area is 153 Å². The second kappa shape index (κ2) is 7.70. The molecule has 4 aromatic rings. The average Bonchev–Trinajstić information content (AvgIpc) is 2.64. The van der Waals surface area contributed by atoms with Crippen LogP contribution in [0.3, 0.4) is 0 Å². The van der Waals surface area contributed by atoms with Crippen LogP contribution >= 0.6 is 0 Å². The van der Waals surface area contributed by atoms with E-state index in [1.54, 1.807) is 18.2 Å². The van der Waals surface area contributed by atoms with Gasteiger partial charge in [0.15, 0.2) is 0 Å². The van der Waals surface area contributed by atoms with E-state index in [9.17, 15) is 10.2 Å². The molecule has 130 valence electrons. The number of para-hydroxylation sites is 1. The molecular weight excluding hydrogens is 322 g/mol. The van der Waals surface area contributed by atoms with Crippen molar-refractivity contribution in [2.75, 3.05) is 0 Å². The molecule has 1 heterocycles. The quantitative estimate of drug-likeness (QED) is 0.472. The molecule has 0 spiro atoms. The minimum Gasteiger partial charge on any atom is -0.508 e. The predicted octanol–water partition coefficient (Wildman–Crippen LogP) is 5.62. The largest absolute Gasteiger partial charge is 0.508 e. The fourth-order valence-electron chi connectivity index (χ4n) is 2.88. The number of aromatic hydroxyl groups is 2. The Hall–Kier alpha value is -3.33. The number of aryl methyl sites for hydroxylation is 2. The molecule has 0 fully saturated rings. The van der Waals surface area contributed by atoms with Gasteiger partial charge in [0.2, 0.25) is 0 Å². The van der Waals surface area contributed by atoms with Gasteiger partial charge in [0.05, 0.1) is 0 Å². The van der Waals surface area contributed by atoms with Crippen molar-refractivity contribution < 1.29 is 10.2 Å². The number of fused-ring (bicyclic) bond motifs is 1. The van der Waals surface area contributed by atoms with E-state index in [1.165, 1.54) is 0 Å². The number of benzene rings is 3. The molecule has 0 amide bonds. The van der Waals surface area contributed by atoms with Crippen LogP contribution in [0.15, 0.2) is 78.9 Å². The van der Waals surface area contributed by atoms with Gasteiger partial charge in [-0.2, -0.15) is 0 Å². The summed E-state index contributed by atoms with van der Waals surface area (Å²) in [4.78, 5) is 4.29. The zero-order valence-electron chi connectivity index (χ0n) is 14.8. The van der Waals surface area contributed by atoms with Gasteiger partial charge in [-0.3, -0.25) is 0 Å². The van der Waals surface area contributed by atoms with Gasteiger partial charge < -0.3 is 10.2 Å². The molecule has 0 saturated heterocycles. The number of phenolic OH excluding ortho intramolecular Hbond substituents is 2. The highest BCUT2D eigenvalue weighted by Gasteiger charge is 2.03. The number of hydrogen-bond donors (Lipinski definition) is 2. The first kappa shape index (κ1) is 17.5. The van der Waals surface area contributed by atoms with Gasteiger partial charge in [-0.1, -0.05) is 54.6 Å². The van der Waals surface area contributed by atoms with Crippen molar-refractivity contribution in [3.05, 3.63) is 90.1 Å². The van der Waals surface area contributed by atoms with E-state index in [4.69, 9.17) is 0 Å². The maximum absolute atomic E-state index is 9.56. The monoisotopic (exact) mass is 343 g/mol. The van der Waals surface area contributed by atoms with Gasteiger partial charge in [0.25, 0.3) is 0 Å². The lowest BCUT2D eigenvalue weighted by atomic mass is 10.1. The SMILES string of the molecule is Cc1cc(C)c2cccc(O)c2n1.Oc1cccc(-c2ccccc2)c1. The summed E-state index contributed by atoms with van der Waals surface area (Å²) in [5.74, 6) is 0.561. The number of aromatic nitrogens is 1. The Kier molecular flexibility index (Phi) is 5.18. The van der Waals surface area contributed by atoms with Crippen molar-refractivity contribution in [1.82, 2.24) is 4.98 Å². The third-order valence-corrected chi connectivity index (χ3v) is 4.11. The van der Waals surface area contributed by atoms with Crippen LogP contribution in [0.1, 0.15) is 11.3 Å². The molecule has 0 aliphatic carbocycles. The van der Waals surface area contributed by atoms with E-state index in [0.29, 0.717) is 11.3 Å². The molecule has 3 heteroatoms. The minimum absolute atomic E-state index is 0.254. The summed E-state index contributed by atoms with van der Waals surface area (Å²) in [5, 5.41) is 19.9. The fraction of sp³-hybridized carbons (Fsp3) is 0.0870. The third-order valence-electron chi connectivity index (χ3n) is 4.11. The van der Waals surface area contributed by atoms with Crippen LogP contribution in [0.4, 0.5) is 0 Å². The summed E-state index contributed by atoms with van der Waals surface area (Å²) in [6.45, 7) is 3.95. The van der Waals surface area contributed by atoms with Crippen LogP contribution in [0, 0.1) is 13.8 Å². The summed E-state index contributed by atoms with van der Waals surface area (Å²) in [7, 11) is 0. The second-order valence-corrected chi connectivity index (χ2v) is 6.17. The summed E-state index contributed by atoms with van der Waals surface area (Å²) in [5.41, 5.74) is 4.95. The van der Waals surface area contributed by atoms with Crippen molar-refractivity contribution >= 4 is 10.9 Å². The van der Waals surface area contributed by atoms with Crippen molar-refractivity contribution in [2.24, 2.45) is 0 Å². The first-order valence-electron chi connectivity index (χ1n) is 8.45. The van der Waals surface area contributed by atoms with E-state index >= 15 is 0 Å². The second-order valence-electron chi connectivity index (χ2n) is 6.17. The highest BCUT2D eigenvalue weighted by molar-refractivity contribution is 5.87. The molecule has 3 nitrogen and oxygen atoms in total. The lowest BCUT2D eigenvalue weighted by Gasteiger charge is -2.04. The number of phenols is 2. The highest BCUT2D eigenvalue weighted by atomic mass is 16.3. The van der Waals surface area contributed by atoms with Gasteiger partial charge in [0, 0.05) is 11.1 Å². The van der Waals surface area contributed by atoms with Crippen molar-refractivity contribution in [2.45, 2.75) is 13.8 Å². The van der Waals surface area contributed by atoms with Crippen LogP contribution in [-0.4, -0.2) is 15.2 Å². The smallest absolute Gasteiger partial charge is 0.141 e. The zero-order valence-corrected chi connectivity index (χ0v) is 14.8.